The van der Waals surface area contributed by atoms with Gasteiger partial charge in [-0.2, -0.15) is 0 Å². The molecule has 110 valence electrons. The van der Waals surface area contributed by atoms with E-state index in [1.54, 1.807) is 6.07 Å². The minimum absolute atomic E-state index is 0.130. The Morgan fingerprint density at radius 1 is 1.14 bits per heavy atom. The Kier molecular flexibility index (Phi) is 5.20. The van der Waals surface area contributed by atoms with Crippen LogP contribution in [0.4, 0.5) is 0 Å². The number of halogens is 1. The summed E-state index contributed by atoms with van der Waals surface area (Å²) in [6.07, 6.45) is 0. The highest BCUT2D eigenvalue weighted by molar-refractivity contribution is 6.32. The molecule has 4 nitrogen and oxygen atoms in total. The molecule has 2 aromatic rings. The van der Waals surface area contributed by atoms with Crippen LogP contribution >= 0.6 is 11.6 Å². The van der Waals surface area contributed by atoms with Gasteiger partial charge in [0.05, 0.1) is 12.1 Å². The van der Waals surface area contributed by atoms with Crippen LogP contribution in [0, 0.1) is 0 Å². The van der Waals surface area contributed by atoms with Crippen molar-refractivity contribution in [2.75, 3.05) is 20.8 Å². The summed E-state index contributed by atoms with van der Waals surface area (Å²) < 4.78 is 5.41. The van der Waals surface area contributed by atoms with Crippen LogP contribution in [-0.4, -0.2) is 31.7 Å². The number of hydrogen-bond acceptors (Lipinski definition) is 3. The summed E-state index contributed by atoms with van der Waals surface area (Å²) >= 11 is 6.20. The summed E-state index contributed by atoms with van der Waals surface area (Å²) in [7, 11) is 2.94. The van der Waals surface area contributed by atoms with Gasteiger partial charge in [-0.15, -0.1) is 0 Å². The van der Waals surface area contributed by atoms with Crippen molar-refractivity contribution >= 4 is 17.5 Å². The third kappa shape index (κ3) is 3.97. The minimum atomic E-state index is -0.291. The standard InChI is InChI=1S/C16H16ClNO3/c1-18(20-2)16(19)11-21-15-9-8-13(10-14(15)17)12-6-4-3-5-7-12/h3-10H,11H2,1-2H3. The monoisotopic (exact) mass is 305 g/mol. The SMILES string of the molecule is CON(C)C(=O)COc1ccc(-c2ccccc2)cc1Cl. The maximum Gasteiger partial charge on any atom is 0.283 e. The van der Waals surface area contributed by atoms with Gasteiger partial charge in [0.2, 0.25) is 0 Å². The summed E-state index contributed by atoms with van der Waals surface area (Å²) in [6, 6.07) is 15.4. The van der Waals surface area contributed by atoms with Crippen LogP contribution in [0.3, 0.4) is 0 Å². The van der Waals surface area contributed by atoms with Crippen molar-refractivity contribution in [3.63, 3.8) is 0 Å². The van der Waals surface area contributed by atoms with Crippen LogP contribution in [0.2, 0.25) is 5.02 Å². The molecular weight excluding hydrogens is 290 g/mol. The number of likely N-dealkylation sites (N-methyl/N-ethyl adjacent to an activating group) is 1. The van der Waals surface area contributed by atoms with E-state index in [-0.39, 0.29) is 12.5 Å². The number of hydrogen-bond donors (Lipinski definition) is 0. The van der Waals surface area contributed by atoms with Gasteiger partial charge in [0.25, 0.3) is 5.91 Å². The van der Waals surface area contributed by atoms with E-state index in [4.69, 9.17) is 21.2 Å². The number of hydroxylamine groups is 2. The molecule has 21 heavy (non-hydrogen) atoms. The Balaban J connectivity index is 2.08. The Morgan fingerprint density at radius 2 is 1.86 bits per heavy atom. The van der Waals surface area contributed by atoms with E-state index in [0.717, 1.165) is 16.2 Å². The molecule has 0 N–H and O–H groups in total. The van der Waals surface area contributed by atoms with E-state index < -0.39 is 0 Å². The molecule has 0 heterocycles. The highest BCUT2D eigenvalue weighted by Gasteiger charge is 2.11. The number of carbonyl (C=O) groups is 1. The lowest BCUT2D eigenvalue weighted by Gasteiger charge is -2.14. The molecular formula is C16H16ClNO3. The van der Waals surface area contributed by atoms with Crippen LogP contribution in [0.25, 0.3) is 11.1 Å². The lowest BCUT2D eigenvalue weighted by molar-refractivity contribution is -0.170. The zero-order valence-corrected chi connectivity index (χ0v) is 12.6. The summed E-state index contributed by atoms with van der Waals surface area (Å²) in [5.74, 6) is 0.176. The zero-order chi connectivity index (χ0) is 15.2. The molecule has 0 aliphatic carbocycles. The van der Waals surface area contributed by atoms with Gasteiger partial charge in [-0.05, 0) is 23.3 Å². The van der Waals surface area contributed by atoms with Crippen LogP contribution in [-0.2, 0) is 9.63 Å². The molecule has 5 heteroatoms. The Morgan fingerprint density at radius 3 is 2.48 bits per heavy atom. The fourth-order valence-electron chi connectivity index (χ4n) is 1.76. The van der Waals surface area contributed by atoms with E-state index in [9.17, 15) is 4.79 Å². The number of benzene rings is 2. The largest absolute Gasteiger partial charge is 0.482 e. The van der Waals surface area contributed by atoms with Gasteiger partial charge in [-0.1, -0.05) is 48.0 Å². The lowest BCUT2D eigenvalue weighted by atomic mass is 10.1. The number of nitrogens with zero attached hydrogens (tertiary/aromatic N) is 1. The van der Waals surface area contributed by atoms with Crippen molar-refractivity contribution in [1.82, 2.24) is 5.06 Å². The predicted molar refractivity (Wildman–Crippen MR) is 82.2 cm³/mol. The average Bonchev–Trinajstić information content (AvgIpc) is 2.53. The molecule has 0 spiro atoms. The Labute approximate surface area is 128 Å². The minimum Gasteiger partial charge on any atom is -0.482 e. The van der Waals surface area contributed by atoms with Crippen LogP contribution in [0.5, 0.6) is 5.75 Å². The van der Waals surface area contributed by atoms with Crippen molar-refractivity contribution in [1.29, 1.82) is 0 Å². The third-order valence-electron chi connectivity index (χ3n) is 3.02. The first-order chi connectivity index (χ1) is 10.1. The van der Waals surface area contributed by atoms with Crippen LogP contribution in [0.1, 0.15) is 0 Å². The molecule has 0 fully saturated rings. The van der Waals surface area contributed by atoms with Gasteiger partial charge in [0.15, 0.2) is 6.61 Å². The predicted octanol–water partition coefficient (Wildman–Crippen LogP) is 3.41. The van der Waals surface area contributed by atoms with Crippen molar-refractivity contribution in [2.45, 2.75) is 0 Å². The van der Waals surface area contributed by atoms with E-state index in [1.165, 1.54) is 14.2 Å². The lowest BCUT2D eigenvalue weighted by Crippen LogP contribution is -2.30. The first-order valence-corrected chi connectivity index (χ1v) is 6.78. The average molecular weight is 306 g/mol. The van der Waals surface area contributed by atoms with E-state index in [2.05, 4.69) is 0 Å². The fraction of sp³-hybridized carbons (Fsp3) is 0.188. The molecule has 0 aliphatic rings. The Bertz CT molecular complexity index is 616. The molecule has 2 rings (SSSR count). The second-order valence-corrected chi connectivity index (χ2v) is 4.78. The summed E-state index contributed by atoms with van der Waals surface area (Å²) in [6.45, 7) is -0.130. The normalized spacial score (nSPS) is 10.2. The molecule has 1 amide bonds. The molecule has 0 atom stereocenters. The maximum atomic E-state index is 11.6. The van der Waals surface area contributed by atoms with Crippen LogP contribution < -0.4 is 4.74 Å². The molecule has 2 aromatic carbocycles. The van der Waals surface area contributed by atoms with Crippen molar-refractivity contribution in [3.05, 3.63) is 53.6 Å². The topological polar surface area (TPSA) is 38.8 Å². The summed E-state index contributed by atoms with van der Waals surface area (Å²) in [5.41, 5.74) is 2.06. The third-order valence-corrected chi connectivity index (χ3v) is 3.31. The number of ether oxygens (including phenoxy) is 1. The van der Waals surface area contributed by atoms with E-state index in [0.29, 0.717) is 10.8 Å². The number of carbonyl (C=O) groups excluding carboxylic acids is 1. The van der Waals surface area contributed by atoms with Crippen molar-refractivity contribution in [2.24, 2.45) is 0 Å². The molecule has 0 unspecified atom stereocenters. The molecule has 0 saturated heterocycles. The smallest absolute Gasteiger partial charge is 0.283 e. The quantitative estimate of drug-likeness (QED) is 0.795. The van der Waals surface area contributed by atoms with Gasteiger partial charge in [0, 0.05) is 7.05 Å². The van der Waals surface area contributed by atoms with Crippen molar-refractivity contribution in [3.8, 4) is 16.9 Å². The second-order valence-electron chi connectivity index (χ2n) is 4.37. The fourth-order valence-corrected chi connectivity index (χ4v) is 2.00. The van der Waals surface area contributed by atoms with Crippen molar-refractivity contribution < 1.29 is 14.4 Å². The van der Waals surface area contributed by atoms with Gasteiger partial charge < -0.3 is 4.74 Å². The molecule has 0 aliphatic heterocycles. The summed E-state index contributed by atoms with van der Waals surface area (Å²) in [4.78, 5) is 16.4. The molecule has 0 aromatic heterocycles. The molecule has 0 bridgehead atoms. The maximum absolute atomic E-state index is 11.6. The van der Waals surface area contributed by atoms with E-state index >= 15 is 0 Å². The number of amides is 1. The van der Waals surface area contributed by atoms with Crippen LogP contribution in [0.15, 0.2) is 48.5 Å². The highest BCUT2D eigenvalue weighted by Crippen LogP contribution is 2.30. The second kappa shape index (κ2) is 7.11. The number of rotatable bonds is 5. The summed E-state index contributed by atoms with van der Waals surface area (Å²) in [5, 5.41) is 1.57. The van der Waals surface area contributed by atoms with Gasteiger partial charge in [0.1, 0.15) is 5.75 Å². The first-order valence-electron chi connectivity index (χ1n) is 6.40. The Hall–Kier alpha value is -2.04. The highest BCUT2D eigenvalue weighted by atomic mass is 35.5. The van der Waals surface area contributed by atoms with Gasteiger partial charge >= 0.3 is 0 Å². The van der Waals surface area contributed by atoms with Gasteiger partial charge in [-0.3, -0.25) is 9.63 Å². The van der Waals surface area contributed by atoms with E-state index in [1.807, 2.05) is 42.5 Å². The molecule has 0 saturated carbocycles. The zero-order valence-electron chi connectivity index (χ0n) is 11.9. The van der Waals surface area contributed by atoms with Gasteiger partial charge in [-0.25, -0.2) is 5.06 Å². The molecule has 0 radical (unpaired) electrons. The first kappa shape index (κ1) is 15.4.